The van der Waals surface area contributed by atoms with Crippen molar-refractivity contribution in [1.82, 2.24) is 15.1 Å². The molecule has 2 amide bonds. The van der Waals surface area contributed by atoms with Crippen LogP contribution in [0.25, 0.3) is 0 Å². The molecule has 1 atom stereocenters. The van der Waals surface area contributed by atoms with Gasteiger partial charge in [0.15, 0.2) is 0 Å². The highest BCUT2D eigenvalue weighted by Gasteiger charge is 2.16. The van der Waals surface area contributed by atoms with Crippen LogP contribution in [0.15, 0.2) is 67.0 Å². The molecule has 1 aromatic heterocycles. The zero-order valence-corrected chi connectivity index (χ0v) is 13.9. The van der Waals surface area contributed by atoms with Crippen molar-refractivity contribution in [3.8, 4) is 0 Å². The van der Waals surface area contributed by atoms with E-state index in [1.165, 1.54) is 12.1 Å². The quantitative estimate of drug-likeness (QED) is 0.716. The van der Waals surface area contributed by atoms with Crippen molar-refractivity contribution in [2.45, 2.75) is 12.6 Å². The summed E-state index contributed by atoms with van der Waals surface area (Å²) in [4.78, 5) is 12.3. The van der Waals surface area contributed by atoms with Crippen LogP contribution in [-0.4, -0.2) is 15.8 Å². The van der Waals surface area contributed by atoms with Gasteiger partial charge in [-0.15, -0.1) is 0 Å². The number of anilines is 1. The summed E-state index contributed by atoms with van der Waals surface area (Å²) in [7, 11) is 0. The van der Waals surface area contributed by atoms with Crippen LogP contribution in [0, 0.1) is 5.82 Å². The summed E-state index contributed by atoms with van der Waals surface area (Å²) in [6.45, 7) is 0.430. The number of hydrogen-bond acceptors (Lipinski definition) is 2. The van der Waals surface area contributed by atoms with Crippen LogP contribution in [0.3, 0.4) is 0 Å². The molecule has 0 unspecified atom stereocenters. The van der Waals surface area contributed by atoms with Gasteiger partial charge < -0.3 is 10.6 Å². The predicted octanol–water partition coefficient (Wildman–Crippen LogP) is 4.24. The van der Waals surface area contributed by atoms with Gasteiger partial charge in [0.25, 0.3) is 0 Å². The van der Waals surface area contributed by atoms with E-state index in [1.807, 2.05) is 12.1 Å². The summed E-state index contributed by atoms with van der Waals surface area (Å²) >= 11 is 5.93. The molecule has 0 fully saturated rings. The number of nitrogens with one attached hydrogen (secondary N) is 2. The second-order valence-corrected chi connectivity index (χ2v) is 5.85. The highest BCUT2D eigenvalue weighted by molar-refractivity contribution is 6.30. The number of carbonyl (C=O) groups excluding carboxylic acids is 1. The van der Waals surface area contributed by atoms with E-state index in [-0.39, 0.29) is 11.7 Å². The molecule has 0 aliphatic heterocycles. The lowest BCUT2D eigenvalue weighted by molar-refractivity contribution is 0.246. The van der Waals surface area contributed by atoms with Crippen molar-refractivity contribution >= 4 is 23.3 Å². The van der Waals surface area contributed by atoms with Gasteiger partial charge in [-0.05, 0) is 35.9 Å². The second kappa shape index (κ2) is 7.81. The molecule has 0 saturated carbocycles. The van der Waals surface area contributed by atoms with E-state index in [9.17, 15) is 9.18 Å². The molecule has 7 heteroatoms. The van der Waals surface area contributed by atoms with E-state index in [4.69, 9.17) is 11.6 Å². The molecule has 5 nitrogen and oxygen atoms in total. The second-order valence-electron chi connectivity index (χ2n) is 5.41. The first kappa shape index (κ1) is 17.0. The Hall–Kier alpha value is -2.86. The third-order valence-corrected chi connectivity index (χ3v) is 3.88. The van der Waals surface area contributed by atoms with Gasteiger partial charge >= 0.3 is 6.03 Å². The van der Waals surface area contributed by atoms with Gasteiger partial charge in [0.1, 0.15) is 5.82 Å². The maximum Gasteiger partial charge on any atom is 0.319 e. The van der Waals surface area contributed by atoms with Crippen LogP contribution in [0.5, 0.6) is 0 Å². The van der Waals surface area contributed by atoms with Gasteiger partial charge in [-0.2, -0.15) is 5.10 Å². The maximum atomic E-state index is 13.7. The lowest BCUT2D eigenvalue weighted by Gasteiger charge is -2.20. The molecule has 0 saturated heterocycles. The first-order valence-corrected chi connectivity index (χ1v) is 8.04. The average molecular weight is 359 g/mol. The van der Waals surface area contributed by atoms with E-state index in [0.29, 0.717) is 11.6 Å². The highest BCUT2D eigenvalue weighted by atomic mass is 35.5. The fourth-order valence-electron chi connectivity index (χ4n) is 2.40. The number of nitrogens with zero attached hydrogens (tertiary/aromatic N) is 2. The third kappa shape index (κ3) is 4.58. The van der Waals surface area contributed by atoms with Crippen molar-refractivity contribution in [1.29, 1.82) is 0 Å². The Balaban J connectivity index is 1.75. The van der Waals surface area contributed by atoms with E-state index < -0.39 is 11.8 Å². The number of halogens is 2. The Bertz CT molecular complexity index is 837. The van der Waals surface area contributed by atoms with Gasteiger partial charge in [0.05, 0.1) is 18.3 Å². The summed E-state index contributed by atoms with van der Waals surface area (Å²) < 4.78 is 15.4. The molecule has 0 bridgehead atoms. The van der Waals surface area contributed by atoms with Crippen molar-refractivity contribution in [2.24, 2.45) is 0 Å². The van der Waals surface area contributed by atoms with Crippen molar-refractivity contribution in [3.05, 3.63) is 83.4 Å². The fraction of sp³-hybridized carbons (Fsp3) is 0.111. The minimum absolute atomic E-state index is 0.119. The van der Waals surface area contributed by atoms with Gasteiger partial charge in [-0.1, -0.05) is 35.9 Å². The monoisotopic (exact) mass is 358 g/mol. The number of para-hydroxylation sites is 1. The highest BCUT2D eigenvalue weighted by Crippen LogP contribution is 2.19. The SMILES string of the molecule is O=C(Nc1ccccc1F)N[C@@H](Cn1cccn1)c1ccc(Cl)cc1. The Morgan fingerprint density at radius 1 is 1.16 bits per heavy atom. The van der Waals surface area contributed by atoms with Crippen molar-refractivity contribution < 1.29 is 9.18 Å². The minimum Gasteiger partial charge on any atom is -0.329 e. The topological polar surface area (TPSA) is 59.0 Å². The molecule has 0 aliphatic rings. The van der Waals surface area contributed by atoms with Crippen LogP contribution in [0.1, 0.15) is 11.6 Å². The van der Waals surface area contributed by atoms with Crippen molar-refractivity contribution in [2.75, 3.05) is 5.32 Å². The van der Waals surface area contributed by atoms with E-state index in [1.54, 1.807) is 47.4 Å². The smallest absolute Gasteiger partial charge is 0.319 e. The molecule has 25 heavy (non-hydrogen) atoms. The maximum absolute atomic E-state index is 13.7. The van der Waals surface area contributed by atoms with E-state index >= 15 is 0 Å². The first-order chi connectivity index (χ1) is 12.1. The number of rotatable bonds is 5. The van der Waals surface area contributed by atoms with Gasteiger partial charge in [0.2, 0.25) is 0 Å². The lowest BCUT2D eigenvalue weighted by atomic mass is 10.1. The Morgan fingerprint density at radius 2 is 1.92 bits per heavy atom. The zero-order chi connectivity index (χ0) is 17.6. The lowest BCUT2D eigenvalue weighted by Crippen LogP contribution is -2.35. The molecule has 3 rings (SSSR count). The third-order valence-electron chi connectivity index (χ3n) is 3.63. The van der Waals surface area contributed by atoms with E-state index in [2.05, 4.69) is 15.7 Å². The molecule has 2 N–H and O–H groups in total. The Labute approximate surface area is 149 Å². The van der Waals surface area contributed by atoms with Crippen LogP contribution < -0.4 is 10.6 Å². The summed E-state index contributed by atoms with van der Waals surface area (Å²) in [5.74, 6) is -0.493. The van der Waals surface area contributed by atoms with Crippen LogP contribution >= 0.6 is 11.6 Å². The number of aromatic nitrogens is 2. The largest absolute Gasteiger partial charge is 0.329 e. The number of urea groups is 1. The van der Waals surface area contributed by atoms with E-state index in [0.717, 1.165) is 5.56 Å². The van der Waals surface area contributed by atoms with Gasteiger partial charge in [-0.25, -0.2) is 9.18 Å². The summed E-state index contributed by atoms with van der Waals surface area (Å²) in [6, 6.07) is 14.1. The summed E-state index contributed by atoms with van der Waals surface area (Å²) in [5.41, 5.74) is 0.984. The molecular weight excluding hydrogens is 343 g/mol. The number of amides is 2. The Morgan fingerprint density at radius 3 is 2.60 bits per heavy atom. The molecule has 128 valence electrons. The molecule has 0 aliphatic carbocycles. The standard InChI is InChI=1S/C18H16ClFN4O/c19-14-8-6-13(7-9-14)17(12-24-11-3-10-21-24)23-18(25)22-16-5-2-1-4-15(16)20/h1-11,17H,12H2,(H2,22,23,25)/t17-/m0/s1. The average Bonchev–Trinajstić information content (AvgIpc) is 3.10. The fourth-order valence-corrected chi connectivity index (χ4v) is 2.53. The molecule has 0 radical (unpaired) electrons. The van der Waals surface area contributed by atoms with Gasteiger partial charge in [0, 0.05) is 17.4 Å². The number of hydrogen-bond donors (Lipinski definition) is 2. The van der Waals surface area contributed by atoms with Crippen LogP contribution in [0.2, 0.25) is 5.02 Å². The molecule has 3 aromatic rings. The number of benzene rings is 2. The van der Waals surface area contributed by atoms with Crippen LogP contribution in [0.4, 0.5) is 14.9 Å². The molecule has 0 spiro atoms. The summed E-state index contributed by atoms with van der Waals surface area (Å²) in [5, 5.41) is 10.1. The molecule has 2 aromatic carbocycles. The molecule has 1 heterocycles. The van der Waals surface area contributed by atoms with Crippen molar-refractivity contribution in [3.63, 3.8) is 0 Å². The minimum atomic E-state index is -0.503. The number of carbonyl (C=O) groups is 1. The predicted molar refractivity (Wildman–Crippen MR) is 95.0 cm³/mol. The molecular formula is C18H16ClFN4O. The van der Waals surface area contributed by atoms with Crippen LogP contribution in [-0.2, 0) is 6.54 Å². The zero-order valence-electron chi connectivity index (χ0n) is 13.2. The summed E-state index contributed by atoms with van der Waals surface area (Å²) in [6.07, 6.45) is 3.47. The normalized spacial score (nSPS) is 11.8. The Kier molecular flexibility index (Phi) is 5.30. The first-order valence-electron chi connectivity index (χ1n) is 7.67. The van der Waals surface area contributed by atoms with Gasteiger partial charge in [-0.3, -0.25) is 4.68 Å².